The fourth-order valence-electron chi connectivity index (χ4n) is 0.157. The zero-order valence-electron chi connectivity index (χ0n) is 5.12. The Hall–Kier alpha value is 0.560. The van der Waals surface area contributed by atoms with Crippen LogP contribution in [-0.4, -0.2) is 18.6 Å². The molecule has 0 aromatic rings. The molecule has 46 valence electrons. The summed E-state index contributed by atoms with van der Waals surface area (Å²) in [5, 5.41) is 0. The van der Waals surface area contributed by atoms with Crippen molar-refractivity contribution in [1.82, 2.24) is 0 Å². The molecule has 9 heavy (non-hydrogen) atoms. The third-order valence-electron chi connectivity index (χ3n) is 0.574. The molecule has 0 radical (unpaired) electrons. The molecule has 0 aromatic heterocycles. The van der Waals surface area contributed by atoms with Crippen molar-refractivity contribution in [3.8, 4) is 0 Å². The molecule has 0 amide bonds. The van der Waals surface area contributed by atoms with Crippen LogP contribution in [0.5, 0.6) is 0 Å². The largest absolute Gasteiger partial charge is 1.00 e. The van der Waals surface area contributed by atoms with Gasteiger partial charge in [0.25, 0.3) is 0 Å². The Morgan fingerprint density at radius 3 is 2.00 bits per heavy atom. The van der Waals surface area contributed by atoms with Gasteiger partial charge in [0.2, 0.25) is 0 Å². The van der Waals surface area contributed by atoms with E-state index in [1.807, 2.05) is 0 Å². The molecule has 1 atom stereocenters. The molecule has 1 fully saturated rings. The Labute approximate surface area is 80.2 Å². The first-order chi connectivity index (χ1) is 3.85. The van der Waals surface area contributed by atoms with Gasteiger partial charge in [-0.2, -0.15) is 0 Å². The molecule has 1 heterocycles. The maximum absolute atomic E-state index is 6.75. The van der Waals surface area contributed by atoms with Gasteiger partial charge in [0.05, 0.1) is 18.6 Å². The summed E-state index contributed by atoms with van der Waals surface area (Å²) in [4.78, 5) is 1.50. The average molecular weight is 158 g/mol. The van der Waals surface area contributed by atoms with Crippen LogP contribution in [0.4, 0.5) is 0 Å². The van der Waals surface area contributed by atoms with Gasteiger partial charge >= 0.3 is 29.6 Å². The van der Waals surface area contributed by atoms with E-state index in [4.69, 9.17) is 27.4 Å². The first-order valence-electron chi connectivity index (χ1n) is 2.01. The van der Waals surface area contributed by atoms with Gasteiger partial charge in [0, 0.05) is 0 Å². The molecule has 0 N–H and O–H groups in total. The number of alkyl halides is 1. The quantitative estimate of drug-likeness (QED) is 0.114. The summed E-state index contributed by atoms with van der Waals surface area (Å²) in [5.74, 6) is 0.667. The van der Waals surface area contributed by atoms with Crippen LogP contribution in [0.3, 0.4) is 0 Å². The molecule has 1 unspecified atom stereocenters. The van der Waals surface area contributed by atoms with E-state index >= 15 is 0 Å². The Morgan fingerprint density at radius 2 is 2.00 bits per heavy atom. The molecule has 0 aromatic carbocycles. The summed E-state index contributed by atoms with van der Waals surface area (Å²) in [6, 6.07) is 0. The third-order valence-corrected chi connectivity index (χ3v) is 0.919. The van der Waals surface area contributed by atoms with E-state index in [0.717, 1.165) is 6.61 Å². The fourth-order valence-corrected chi connectivity index (χ4v) is 0.335. The first-order valence-corrected chi connectivity index (χ1v) is 2.54. The molecule has 1 aliphatic heterocycles. The van der Waals surface area contributed by atoms with E-state index < -0.39 is 0 Å². The second kappa shape index (κ2) is 8.56. The van der Waals surface area contributed by atoms with Crippen LogP contribution < -0.4 is 29.6 Å². The number of ether oxygens (including phenoxy) is 1. The zero-order valence-corrected chi connectivity index (χ0v) is 7.88. The molecule has 0 saturated carbocycles. The van der Waals surface area contributed by atoms with Gasteiger partial charge in [0.1, 0.15) is 0 Å². The molecule has 6 heteroatoms. The topological polar surface area (TPSA) is 71.2 Å². The maximum Gasteiger partial charge on any atom is 1.00 e. The molecular weight excluding hydrogens is 152 g/mol. The predicted molar refractivity (Wildman–Crippen MR) is 30.5 cm³/mol. The van der Waals surface area contributed by atoms with Crippen molar-refractivity contribution in [1.29, 1.82) is 0 Å². The van der Waals surface area contributed by atoms with Crippen LogP contribution in [0.2, 0.25) is 0 Å². The summed E-state index contributed by atoms with van der Waals surface area (Å²) in [5.41, 5.74) is 13.5. The minimum atomic E-state index is 0. The summed E-state index contributed by atoms with van der Waals surface area (Å²) >= 11 is 5.27. The van der Waals surface area contributed by atoms with Gasteiger partial charge in [-0.05, 0) is 0 Å². The number of halogens is 1. The van der Waals surface area contributed by atoms with E-state index in [-0.39, 0.29) is 29.6 Å². The zero-order chi connectivity index (χ0) is 6.41. The van der Waals surface area contributed by atoms with Crippen molar-refractivity contribution in [2.45, 2.75) is 6.10 Å². The Bertz CT molecular complexity index is 91.1. The number of rotatable bonds is 1. The molecule has 0 spiro atoms. The minimum Gasteiger partial charge on any atom is -0.373 e. The van der Waals surface area contributed by atoms with E-state index in [1.165, 1.54) is 4.91 Å². The van der Waals surface area contributed by atoms with Gasteiger partial charge < -0.3 is 15.8 Å². The average Bonchev–Trinajstić information content (AvgIpc) is 2.48. The number of hydrogen-bond acceptors (Lipinski definition) is 1. The second-order valence-electron chi connectivity index (χ2n) is 1.20. The van der Waals surface area contributed by atoms with Gasteiger partial charge in [-0.15, -0.1) is 11.6 Å². The van der Waals surface area contributed by atoms with Crippen molar-refractivity contribution in [2.75, 3.05) is 12.5 Å². The van der Waals surface area contributed by atoms with Gasteiger partial charge in [-0.1, -0.05) is 0 Å². The molecule has 0 bridgehead atoms. The minimum absolute atomic E-state index is 0. The summed E-state index contributed by atoms with van der Waals surface area (Å²) in [6.07, 6.45) is 0.400. The van der Waals surface area contributed by atoms with Gasteiger partial charge in [0.15, 0.2) is 0 Å². The molecular formula is C3H5ClN3NaO. The smallest absolute Gasteiger partial charge is 0.373 e. The van der Waals surface area contributed by atoms with E-state index in [0.29, 0.717) is 12.0 Å². The van der Waals surface area contributed by atoms with E-state index in [2.05, 4.69) is 0 Å². The SMILES string of the molecule is ClCC1CO1.[N-]=[N+]=[N-].[Na+]. The molecule has 1 aliphatic rings. The van der Waals surface area contributed by atoms with Crippen molar-refractivity contribution in [3.05, 3.63) is 16.0 Å². The Morgan fingerprint density at radius 1 is 1.67 bits per heavy atom. The van der Waals surface area contributed by atoms with Crippen molar-refractivity contribution >= 4 is 11.6 Å². The van der Waals surface area contributed by atoms with Crippen molar-refractivity contribution in [2.24, 2.45) is 0 Å². The Kier molecular flexibility index (Phi) is 11.7. The Balaban J connectivity index is 0. The normalized spacial score (nSPS) is 19.9. The van der Waals surface area contributed by atoms with Crippen LogP contribution in [0.1, 0.15) is 0 Å². The molecule has 0 aliphatic carbocycles. The van der Waals surface area contributed by atoms with E-state index in [1.54, 1.807) is 0 Å². The van der Waals surface area contributed by atoms with Crippen LogP contribution >= 0.6 is 11.6 Å². The van der Waals surface area contributed by atoms with Gasteiger partial charge in [-0.25, -0.2) is 0 Å². The molecule has 4 nitrogen and oxygen atoms in total. The fraction of sp³-hybridized carbons (Fsp3) is 1.00. The number of hydrogen-bond donors (Lipinski definition) is 0. The first kappa shape index (κ1) is 12.3. The van der Waals surface area contributed by atoms with Crippen LogP contribution in [0.25, 0.3) is 16.0 Å². The maximum atomic E-state index is 6.75. The third kappa shape index (κ3) is 11.9. The standard InChI is InChI=1S/C3H5ClO.N3.Na/c4-1-3-2-5-3;1-3-2;/h3H,1-2H2;;/q;-1;+1. The van der Waals surface area contributed by atoms with E-state index in [9.17, 15) is 0 Å². The monoisotopic (exact) mass is 157 g/mol. The summed E-state index contributed by atoms with van der Waals surface area (Å²) in [7, 11) is 0. The number of nitrogens with zero attached hydrogens (tertiary/aromatic N) is 3. The van der Waals surface area contributed by atoms with Crippen molar-refractivity contribution < 1.29 is 34.3 Å². The molecule has 1 saturated heterocycles. The molecule has 1 rings (SSSR count). The van der Waals surface area contributed by atoms with Crippen LogP contribution in [0.15, 0.2) is 0 Å². The second-order valence-corrected chi connectivity index (χ2v) is 1.51. The van der Waals surface area contributed by atoms with Crippen LogP contribution in [0, 0.1) is 0 Å². The number of epoxide rings is 1. The van der Waals surface area contributed by atoms with Gasteiger partial charge in [-0.3, -0.25) is 4.91 Å². The summed E-state index contributed by atoms with van der Waals surface area (Å²) < 4.78 is 4.73. The predicted octanol–water partition coefficient (Wildman–Crippen LogP) is -1.51. The van der Waals surface area contributed by atoms with Crippen LogP contribution in [-0.2, 0) is 4.74 Å². The van der Waals surface area contributed by atoms with Crippen molar-refractivity contribution in [3.63, 3.8) is 0 Å². The summed E-state index contributed by atoms with van der Waals surface area (Å²) in [6.45, 7) is 0.878.